The minimum absolute atomic E-state index is 0.0291. The molecule has 3 N–H and O–H groups in total. The maximum atomic E-state index is 12.5. The Morgan fingerprint density at radius 2 is 1.78 bits per heavy atom. The molecule has 2 amide bonds. The smallest absolute Gasteiger partial charge is 0.407 e. The Morgan fingerprint density at radius 1 is 1.06 bits per heavy atom. The van der Waals surface area contributed by atoms with Crippen molar-refractivity contribution in [2.45, 2.75) is 51.0 Å². The van der Waals surface area contributed by atoms with Crippen molar-refractivity contribution in [3.05, 3.63) is 52.8 Å². The topological polar surface area (TPSA) is 114 Å². The van der Waals surface area contributed by atoms with Crippen molar-refractivity contribution >= 4 is 22.9 Å². The molecule has 0 radical (unpaired) electrons. The number of nitrogens with zero attached hydrogens (tertiary/aromatic N) is 2. The lowest BCUT2D eigenvalue weighted by Crippen LogP contribution is -2.45. The first-order chi connectivity index (χ1) is 15.4. The van der Waals surface area contributed by atoms with E-state index in [9.17, 15) is 24.6 Å². The quantitative estimate of drug-likeness (QED) is 0.429. The van der Waals surface area contributed by atoms with Crippen LogP contribution in [0.5, 0.6) is 5.75 Å². The number of pyridine rings is 1. The summed E-state index contributed by atoms with van der Waals surface area (Å²) in [6, 6.07) is 6.36. The maximum Gasteiger partial charge on any atom is 0.407 e. The van der Waals surface area contributed by atoms with Crippen LogP contribution in [0.1, 0.15) is 44.1 Å². The summed E-state index contributed by atoms with van der Waals surface area (Å²) in [6.07, 6.45) is 7.02. The zero-order valence-electron chi connectivity index (χ0n) is 18.3. The largest absolute Gasteiger partial charge is 0.506 e. The number of rotatable bonds is 8. The Kier molecular flexibility index (Phi) is 7.92. The second-order valence-electron chi connectivity index (χ2n) is 8.26. The van der Waals surface area contributed by atoms with Crippen LogP contribution in [0.2, 0.25) is 0 Å². The molecular weight excluding hydrogens is 410 g/mol. The van der Waals surface area contributed by atoms with Crippen molar-refractivity contribution in [2.75, 3.05) is 19.6 Å². The van der Waals surface area contributed by atoms with Crippen LogP contribution in [-0.2, 0) is 11.2 Å². The molecule has 1 aliphatic rings. The van der Waals surface area contributed by atoms with E-state index >= 15 is 0 Å². The van der Waals surface area contributed by atoms with Crippen molar-refractivity contribution in [1.29, 1.82) is 0 Å². The zero-order valence-corrected chi connectivity index (χ0v) is 18.3. The van der Waals surface area contributed by atoms with Gasteiger partial charge < -0.3 is 25.0 Å². The van der Waals surface area contributed by atoms with E-state index in [1.165, 1.54) is 36.0 Å². The molecule has 172 valence electrons. The van der Waals surface area contributed by atoms with Gasteiger partial charge in [0.15, 0.2) is 0 Å². The van der Waals surface area contributed by atoms with Crippen LogP contribution >= 0.6 is 0 Å². The number of benzene rings is 1. The normalized spacial score (nSPS) is 14.6. The van der Waals surface area contributed by atoms with E-state index in [1.54, 1.807) is 17.0 Å². The second-order valence-corrected chi connectivity index (χ2v) is 8.26. The summed E-state index contributed by atoms with van der Waals surface area (Å²) in [5.74, 6) is -0.186. The highest BCUT2D eigenvalue weighted by Gasteiger charge is 2.24. The number of aromatic nitrogens is 1. The van der Waals surface area contributed by atoms with Crippen LogP contribution in [-0.4, -0.2) is 62.7 Å². The number of hydrogen-bond donors (Lipinski definition) is 3. The fraction of sp³-hybridized carbons (Fsp3) is 0.458. The molecule has 1 aromatic carbocycles. The maximum absolute atomic E-state index is 12.5. The fourth-order valence-electron chi connectivity index (χ4n) is 4.46. The van der Waals surface area contributed by atoms with Crippen LogP contribution in [0.3, 0.4) is 0 Å². The lowest BCUT2D eigenvalue weighted by atomic mass is 10.0. The van der Waals surface area contributed by atoms with Crippen LogP contribution in [0.15, 0.2) is 41.7 Å². The first kappa shape index (κ1) is 23.4. The predicted molar refractivity (Wildman–Crippen MR) is 123 cm³/mol. The minimum atomic E-state index is -1.05. The van der Waals surface area contributed by atoms with Crippen molar-refractivity contribution in [1.82, 2.24) is 14.8 Å². The van der Waals surface area contributed by atoms with Gasteiger partial charge in [-0.05, 0) is 43.0 Å². The number of carbonyl (C=O) groups excluding carboxylic acids is 1. The van der Waals surface area contributed by atoms with Gasteiger partial charge in [0.2, 0.25) is 11.5 Å². The number of amides is 2. The average Bonchev–Trinajstić information content (AvgIpc) is 3.06. The molecule has 1 saturated carbocycles. The lowest BCUT2D eigenvalue weighted by molar-refractivity contribution is -0.128. The first-order valence-electron chi connectivity index (χ1n) is 11.2. The summed E-state index contributed by atoms with van der Waals surface area (Å²) in [4.78, 5) is 41.7. The second kappa shape index (κ2) is 10.8. The number of aromatic amines is 1. The first-order valence-corrected chi connectivity index (χ1v) is 11.2. The Bertz CT molecular complexity index is 1020. The van der Waals surface area contributed by atoms with Crippen LogP contribution in [0, 0.1) is 0 Å². The molecule has 1 aliphatic carbocycles. The summed E-state index contributed by atoms with van der Waals surface area (Å²) in [5.41, 5.74) is 0.846. The molecule has 0 bridgehead atoms. The van der Waals surface area contributed by atoms with E-state index in [-0.39, 0.29) is 36.3 Å². The molecule has 0 unspecified atom stereocenters. The number of carboxylic acid groups (broad SMARTS) is 1. The molecule has 1 heterocycles. The zero-order chi connectivity index (χ0) is 23.1. The summed E-state index contributed by atoms with van der Waals surface area (Å²) >= 11 is 0. The Labute approximate surface area is 187 Å². The van der Waals surface area contributed by atoms with E-state index in [1.807, 2.05) is 0 Å². The molecule has 1 aromatic heterocycles. The fourth-order valence-corrected chi connectivity index (χ4v) is 4.46. The van der Waals surface area contributed by atoms with Gasteiger partial charge in [-0.1, -0.05) is 38.3 Å². The highest BCUT2D eigenvalue weighted by atomic mass is 16.4. The number of aromatic hydroxyl groups is 1. The Morgan fingerprint density at radius 3 is 2.44 bits per heavy atom. The third-order valence-electron chi connectivity index (χ3n) is 6.22. The summed E-state index contributed by atoms with van der Waals surface area (Å²) < 4.78 is 0. The van der Waals surface area contributed by atoms with Crippen molar-refractivity contribution in [2.24, 2.45) is 0 Å². The molecule has 32 heavy (non-hydrogen) atoms. The van der Waals surface area contributed by atoms with Gasteiger partial charge in [0, 0.05) is 37.1 Å². The molecule has 0 saturated heterocycles. The number of phenols is 1. The molecule has 0 atom stereocenters. The number of fused-ring (bicyclic) bond motifs is 1. The number of nitrogens with one attached hydrogen (secondary N) is 1. The number of carbonyl (C=O) groups is 2. The van der Waals surface area contributed by atoms with Crippen molar-refractivity contribution in [3.8, 4) is 5.75 Å². The molecule has 8 nitrogen and oxygen atoms in total. The molecule has 0 aliphatic heterocycles. The standard InChI is InChI=1S/C24H31N3O5/c1-2-22(30)27(18-7-5-3-4-6-8-18)16-15-26(24(31)32)14-13-17-9-11-20(28)23-19(17)10-12-21(29)25-23/h2,9-12,18,28H,1,3-8,13-16H2,(H,25,29)(H,31,32). The molecule has 1 fully saturated rings. The third-order valence-corrected chi connectivity index (χ3v) is 6.22. The van der Waals surface area contributed by atoms with E-state index in [4.69, 9.17) is 0 Å². The van der Waals surface area contributed by atoms with Gasteiger partial charge in [0.05, 0.1) is 5.52 Å². The van der Waals surface area contributed by atoms with Gasteiger partial charge in [-0.25, -0.2) is 4.79 Å². The molecular formula is C24H31N3O5. The average molecular weight is 442 g/mol. The van der Waals surface area contributed by atoms with Crippen LogP contribution < -0.4 is 5.56 Å². The predicted octanol–water partition coefficient (Wildman–Crippen LogP) is 3.49. The van der Waals surface area contributed by atoms with Gasteiger partial charge in [0.1, 0.15) is 5.75 Å². The third kappa shape index (κ3) is 5.69. The monoisotopic (exact) mass is 441 g/mol. The Hall–Kier alpha value is -3.29. The van der Waals surface area contributed by atoms with Crippen LogP contribution in [0.4, 0.5) is 4.79 Å². The van der Waals surface area contributed by atoms with Gasteiger partial charge in [-0.2, -0.15) is 0 Å². The summed E-state index contributed by atoms with van der Waals surface area (Å²) in [6.45, 7) is 4.38. The highest BCUT2D eigenvalue weighted by Crippen LogP contribution is 2.25. The van der Waals surface area contributed by atoms with E-state index < -0.39 is 6.09 Å². The van der Waals surface area contributed by atoms with Crippen LogP contribution in [0.25, 0.3) is 10.9 Å². The van der Waals surface area contributed by atoms with Gasteiger partial charge >= 0.3 is 6.09 Å². The molecule has 2 aromatic rings. The number of H-pyrrole nitrogens is 1. The summed E-state index contributed by atoms with van der Waals surface area (Å²) in [5, 5.41) is 20.4. The summed E-state index contributed by atoms with van der Waals surface area (Å²) in [7, 11) is 0. The van der Waals surface area contributed by atoms with Gasteiger partial charge in [0.25, 0.3) is 0 Å². The Balaban J connectivity index is 1.70. The van der Waals surface area contributed by atoms with Gasteiger partial charge in [-0.3, -0.25) is 9.59 Å². The minimum Gasteiger partial charge on any atom is -0.506 e. The van der Waals surface area contributed by atoms with E-state index in [2.05, 4.69) is 11.6 Å². The molecule has 8 heteroatoms. The van der Waals surface area contributed by atoms with Crippen molar-refractivity contribution in [3.63, 3.8) is 0 Å². The SMILES string of the molecule is C=CC(=O)N(CCN(CCc1ccc(O)c2[nH]c(=O)ccc12)C(=O)O)C1CCCCCC1. The highest BCUT2D eigenvalue weighted by molar-refractivity contribution is 5.87. The molecule has 0 spiro atoms. The lowest BCUT2D eigenvalue weighted by Gasteiger charge is -2.32. The van der Waals surface area contributed by atoms with Gasteiger partial charge in [-0.15, -0.1) is 0 Å². The number of phenolic OH excluding ortho intramolecular Hbond substituents is 1. The van der Waals surface area contributed by atoms with E-state index in [0.29, 0.717) is 23.9 Å². The van der Waals surface area contributed by atoms with E-state index in [0.717, 1.165) is 31.2 Å². The molecule has 3 rings (SSSR count). The number of hydrogen-bond acceptors (Lipinski definition) is 4. The van der Waals surface area contributed by atoms with Crippen molar-refractivity contribution < 1.29 is 19.8 Å².